The maximum absolute atomic E-state index is 6.28. The summed E-state index contributed by atoms with van der Waals surface area (Å²) in [5, 5.41) is 7.34. The van der Waals surface area contributed by atoms with Gasteiger partial charge < -0.3 is 9.32 Å². The monoisotopic (exact) mass is 719 g/mol. The van der Waals surface area contributed by atoms with Gasteiger partial charge in [0.15, 0.2) is 0 Å². The first-order valence-corrected chi connectivity index (χ1v) is 19.5. The van der Waals surface area contributed by atoms with Crippen LogP contribution < -0.4 is 4.90 Å². The van der Waals surface area contributed by atoms with Crippen molar-refractivity contribution in [3.05, 3.63) is 200 Å². The van der Waals surface area contributed by atoms with E-state index in [1.807, 2.05) is 23.5 Å². The summed E-state index contributed by atoms with van der Waals surface area (Å²) in [7, 11) is 0. The van der Waals surface area contributed by atoms with Crippen LogP contribution in [0.5, 0.6) is 0 Å². The summed E-state index contributed by atoms with van der Waals surface area (Å²) in [5.74, 6) is 0. The Morgan fingerprint density at radius 2 is 0.982 bits per heavy atom. The zero-order chi connectivity index (χ0) is 36.3. The largest absolute Gasteiger partial charge is 0.456 e. The maximum Gasteiger partial charge on any atom is 0.135 e. The minimum atomic E-state index is 0.882. The molecule has 0 unspecified atom stereocenters. The average Bonchev–Trinajstić information content (AvgIpc) is 3.82. The van der Waals surface area contributed by atoms with Crippen molar-refractivity contribution in [2.75, 3.05) is 4.90 Å². The topological polar surface area (TPSA) is 16.4 Å². The normalized spacial score (nSPS) is 11.6. The Labute approximate surface area is 322 Å². The zero-order valence-corrected chi connectivity index (χ0v) is 30.6. The molecule has 2 aromatic heterocycles. The van der Waals surface area contributed by atoms with E-state index in [-0.39, 0.29) is 0 Å². The lowest BCUT2D eigenvalue weighted by Crippen LogP contribution is -2.11. The molecule has 0 saturated carbocycles. The van der Waals surface area contributed by atoms with Gasteiger partial charge in [-0.15, -0.1) is 11.3 Å². The lowest BCUT2D eigenvalue weighted by Gasteiger charge is -2.28. The third-order valence-corrected chi connectivity index (χ3v) is 12.0. The number of para-hydroxylation sites is 2. The fourth-order valence-electron chi connectivity index (χ4n) is 8.33. The molecule has 0 aliphatic rings. The van der Waals surface area contributed by atoms with E-state index in [4.69, 9.17) is 4.42 Å². The number of thiophene rings is 1. The van der Waals surface area contributed by atoms with Gasteiger partial charge in [-0.3, -0.25) is 0 Å². The van der Waals surface area contributed by atoms with Crippen LogP contribution in [0, 0.1) is 0 Å². The number of anilines is 3. The number of benzene rings is 9. The smallest absolute Gasteiger partial charge is 0.135 e. The summed E-state index contributed by atoms with van der Waals surface area (Å²) >= 11 is 1.86. The highest BCUT2D eigenvalue weighted by Crippen LogP contribution is 2.45. The van der Waals surface area contributed by atoms with E-state index in [2.05, 4.69) is 193 Å². The van der Waals surface area contributed by atoms with E-state index in [1.54, 1.807) is 0 Å². The molecule has 3 heteroatoms. The highest BCUT2D eigenvalue weighted by molar-refractivity contribution is 7.25. The number of rotatable bonds is 6. The van der Waals surface area contributed by atoms with Crippen LogP contribution in [-0.4, -0.2) is 0 Å². The molecular weight excluding hydrogens is 687 g/mol. The molecule has 0 saturated heterocycles. The van der Waals surface area contributed by atoms with Crippen LogP contribution >= 0.6 is 11.3 Å². The molecule has 0 bridgehead atoms. The van der Waals surface area contributed by atoms with Crippen molar-refractivity contribution < 1.29 is 4.42 Å². The van der Waals surface area contributed by atoms with Crippen LogP contribution in [-0.2, 0) is 0 Å². The summed E-state index contributed by atoms with van der Waals surface area (Å²) in [5.41, 5.74) is 12.2. The summed E-state index contributed by atoms with van der Waals surface area (Å²) in [4.78, 5) is 2.39. The van der Waals surface area contributed by atoms with Crippen molar-refractivity contribution in [1.29, 1.82) is 0 Å². The molecule has 0 fully saturated rings. The van der Waals surface area contributed by atoms with E-state index in [1.165, 1.54) is 53.2 Å². The van der Waals surface area contributed by atoms with Crippen molar-refractivity contribution in [1.82, 2.24) is 0 Å². The third kappa shape index (κ3) is 5.32. The quantitative estimate of drug-likeness (QED) is 0.170. The molecule has 0 atom stereocenters. The van der Waals surface area contributed by atoms with Crippen LogP contribution in [0.15, 0.2) is 205 Å². The zero-order valence-electron chi connectivity index (χ0n) is 29.8. The van der Waals surface area contributed by atoms with Gasteiger partial charge >= 0.3 is 0 Å². The molecule has 0 spiro atoms. The summed E-state index contributed by atoms with van der Waals surface area (Å²) < 4.78 is 8.91. The fourth-order valence-corrected chi connectivity index (χ4v) is 9.46. The third-order valence-electron chi connectivity index (χ3n) is 10.9. The van der Waals surface area contributed by atoms with E-state index >= 15 is 0 Å². The number of hydrogen-bond acceptors (Lipinski definition) is 3. The molecule has 2 nitrogen and oxygen atoms in total. The van der Waals surface area contributed by atoms with Gasteiger partial charge in [0.1, 0.15) is 11.2 Å². The average molecular weight is 720 g/mol. The minimum Gasteiger partial charge on any atom is -0.456 e. The SMILES string of the molecule is c1cc(-c2ccccc2N(c2ccc(-c3cccc4sc5ccccc5c34)cc2)c2ccc3oc4ccccc4c3c2)cc(-c2cccc3ccccc23)c1. The van der Waals surface area contributed by atoms with Crippen LogP contribution in [0.2, 0.25) is 0 Å². The van der Waals surface area contributed by atoms with E-state index in [9.17, 15) is 0 Å². The molecule has 0 aliphatic carbocycles. The van der Waals surface area contributed by atoms with E-state index < -0.39 is 0 Å². The van der Waals surface area contributed by atoms with Crippen LogP contribution in [0.4, 0.5) is 17.1 Å². The Balaban J connectivity index is 1.09. The van der Waals surface area contributed by atoms with Crippen LogP contribution in [0.3, 0.4) is 0 Å². The Kier molecular flexibility index (Phi) is 7.39. The number of hydrogen-bond donors (Lipinski definition) is 0. The van der Waals surface area contributed by atoms with Gasteiger partial charge in [0.05, 0.1) is 5.69 Å². The summed E-state index contributed by atoms with van der Waals surface area (Å²) in [6, 6.07) is 72.3. The molecule has 9 aromatic carbocycles. The van der Waals surface area contributed by atoms with Crippen LogP contribution in [0.1, 0.15) is 0 Å². The maximum atomic E-state index is 6.28. The van der Waals surface area contributed by atoms with E-state index in [0.717, 1.165) is 50.1 Å². The summed E-state index contributed by atoms with van der Waals surface area (Å²) in [6.45, 7) is 0. The molecule has 258 valence electrons. The highest BCUT2D eigenvalue weighted by atomic mass is 32.1. The molecule has 11 aromatic rings. The van der Waals surface area contributed by atoms with Gasteiger partial charge in [-0.25, -0.2) is 0 Å². The standard InChI is InChI=1S/C52H33NOS/c1-2-16-40-34(12-1)13-10-20-41(40)36-14-9-15-37(32-36)42-17-3-6-22-47(42)53(39-30-31-49-46(33-39)44-18-4-7-23-48(44)54-49)38-28-26-35(27-29-38)43-21-11-25-51-52(43)45-19-5-8-24-50(45)55-51/h1-33H. The molecule has 0 aliphatic heterocycles. The van der Waals surface area contributed by atoms with Crippen molar-refractivity contribution in [2.45, 2.75) is 0 Å². The fraction of sp³-hybridized carbons (Fsp3) is 0. The first-order chi connectivity index (χ1) is 27.3. The van der Waals surface area contributed by atoms with E-state index in [0.29, 0.717) is 0 Å². The lowest BCUT2D eigenvalue weighted by molar-refractivity contribution is 0.669. The number of fused-ring (bicyclic) bond motifs is 7. The van der Waals surface area contributed by atoms with Gasteiger partial charge in [-0.05, 0) is 99.3 Å². The lowest BCUT2D eigenvalue weighted by atomic mass is 9.94. The molecule has 0 amide bonds. The molecule has 11 rings (SSSR count). The van der Waals surface area contributed by atoms with Gasteiger partial charge in [0, 0.05) is 47.9 Å². The molecule has 2 heterocycles. The Morgan fingerprint density at radius 3 is 1.89 bits per heavy atom. The second-order valence-electron chi connectivity index (χ2n) is 14.1. The first kappa shape index (κ1) is 31.6. The Hall–Kier alpha value is -6.94. The molecule has 55 heavy (non-hydrogen) atoms. The van der Waals surface area contributed by atoms with Gasteiger partial charge in [0.25, 0.3) is 0 Å². The second-order valence-corrected chi connectivity index (χ2v) is 15.1. The van der Waals surface area contributed by atoms with Crippen molar-refractivity contribution in [2.24, 2.45) is 0 Å². The Bertz CT molecular complexity index is 3220. The predicted molar refractivity (Wildman–Crippen MR) is 235 cm³/mol. The van der Waals surface area contributed by atoms with Crippen LogP contribution in [0.25, 0.3) is 86.3 Å². The number of furan rings is 1. The van der Waals surface area contributed by atoms with Gasteiger partial charge in [-0.2, -0.15) is 0 Å². The van der Waals surface area contributed by atoms with Crippen molar-refractivity contribution in [3.8, 4) is 33.4 Å². The molecule has 0 radical (unpaired) electrons. The molecule has 0 N–H and O–H groups in total. The minimum absolute atomic E-state index is 0.882. The Morgan fingerprint density at radius 1 is 0.364 bits per heavy atom. The predicted octanol–water partition coefficient (Wildman–Crippen LogP) is 15.6. The highest BCUT2D eigenvalue weighted by Gasteiger charge is 2.20. The van der Waals surface area contributed by atoms with Crippen molar-refractivity contribution >= 4 is 81.3 Å². The first-order valence-electron chi connectivity index (χ1n) is 18.7. The number of nitrogens with zero attached hydrogens (tertiary/aromatic N) is 1. The second kappa shape index (κ2) is 12.9. The molecular formula is C52H33NOS. The summed E-state index contributed by atoms with van der Waals surface area (Å²) in [6.07, 6.45) is 0. The van der Waals surface area contributed by atoms with Gasteiger partial charge in [0.2, 0.25) is 0 Å². The van der Waals surface area contributed by atoms with Gasteiger partial charge in [-0.1, -0.05) is 140 Å². The van der Waals surface area contributed by atoms with Crippen molar-refractivity contribution in [3.63, 3.8) is 0 Å².